The quantitative estimate of drug-likeness (QED) is 0.495. The Labute approximate surface area is 121 Å². The molecule has 2 heterocycles. The van der Waals surface area contributed by atoms with Crippen LogP contribution in [0.25, 0.3) is 0 Å². The van der Waals surface area contributed by atoms with E-state index in [4.69, 9.17) is 4.84 Å². The van der Waals surface area contributed by atoms with Gasteiger partial charge in [-0.25, -0.2) is 9.78 Å². The minimum absolute atomic E-state index is 0.0327. The summed E-state index contributed by atoms with van der Waals surface area (Å²) in [6, 6.07) is 0. The van der Waals surface area contributed by atoms with E-state index < -0.39 is 6.09 Å². The van der Waals surface area contributed by atoms with Crippen molar-refractivity contribution in [3.8, 4) is 0 Å². The van der Waals surface area contributed by atoms with Crippen molar-refractivity contribution in [3.63, 3.8) is 0 Å². The molecule has 1 aromatic rings. The zero-order valence-corrected chi connectivity index (χ0v) is 12.0. The van der Waals surface area contributed by atoms with Crippen LogP contribution in [0.2, 0.25) is 0 Å². The molecule has 2 rings (SSSR count). The third-order valence-corrected chi connectivity index (χ3v) is 4.06. The number of rotatable bonds is 5. The molecule has 1 amide bonds. The predicted molar refractivity (Wildman–Crippen MR) is 76.4 cm³/mol. The molecule has 0 bridgehead atoms. The van der Waals surface area contributed by atoms with Crippen molar-refractivity contribution in [3.05, 3.63) is 40.5 Å². The highest BCUT2D eigenvalue weighted by molar-refractivity contribution is 7.09. The summed E-state index contributed by atoms with van der Waals surface area (Å²) in [6.07, 6.45) is 2.41. The molecule has 108 valence electrons. The van der Waals surface area contributed by atoms with E-state index in [1.165, 1.54) is 16.2 Å². The van der Waals surface area contributed by atoms with Gasteiger partial charge in [0.1, 0.15) is 5.01 Å². The van der Waals surface area contributed by atoms with Crippen molar-refractivity contribution >= 4 is 17.4 Å². The summed E-state index contributed by atoms with van der Waals surface area (Å²) >= 11 is 1.53. The van der Waals surface area contributed by atoms with Gasteiger partial charge >= 0.3 is 6.09 Å². The van der Waals surface area contributed by atoms with E-state index in [2.05, 4.69) is 17.0 Å². The van der Waals surface area contributed by atoms with Crippen molar-refractivity contribution in [2.24, 2.45) is 0 Å². The van der Waals surface area contributed by atoms with Crippen molar-refractivity contribution in [1.29, 1.82) is 0 Å². The van der Waals surface area contributed by atoms with E-state index in [0.29, 0.717) is 19.7 Å². The van der Waals surface area contributed by atoms with E-state index in [9.17, 15) is 9.90 Å². The fourth-order valence-electron chi connectivity index (χ4n) is 2.06. The van der Waals surface area contributed by atoms with Gasteiger partial charge in [0.05, 0.1) is 24.8 Å². The van der Waals surface area contributed by atoms with Gasteiger partial charge in [0.15, 0.2) is 0 Å². The zero-order chi connectivity index (χ0) is 14.5. The molecule has 1 aromatic heterocycles. The summed E-state index contributed by atoms with van der Waals surface area (Å²) < 4.78 is 0. The molecule has 1 unspecified atom stereocenters. The number of aromatic nitrogens is 1. The fraction of sp³-hybridized carbons (Fsp3) is 0.385. The van der Waals surface area contributed by atoms with Crippen LogP contribution in [0.5, 0.6) is 0 Å². The number of nitrogens with zero attached hydrogens (tertiary/aromatic N) is 2. The zero-order valence-electron chi connectivity index (χ0n) is 11.2. The molecular weight excluding hydrogens is 278 g/mol. The van der Waals surface area contributed by atoms with Crippen LogP contribution in [0.4, 0.5) is 4.79 Å². The van der Waals surface area contributed by atoms with Crippen LogP contribution >= 0.6 is 11.3 Å². The van der Waals surface area contributed by atoms with E-state index in [0.717, 1.165) is 16.3 Å². The van der Waals surface area contributed by atoms with Gasteiger partial charge in [-0.1, -0.05) is 6.08 Å². The van der Waals surface area contributed by atoms with Gasteiger partial charge in [0.25, 0.3) is 0 Å². The molecule has 0 aliphatic carbocycles. The first-order valence-electron chi connectivity index (χ1n) is 6.19. The van der Waals surface area contributed by atoms with Crippen LogP contribution in [-0.2, 0) is 4.84 Å². The molecule has 0 saturated heterocycles. The number of hydrogen-bond donors (Lipinski definition) is 2. The smallest absolute Gasteiger partial charge is 0.407 e. The van der Waals surface area contributed by atoms with Crippen LogP contribution in [0.3, 0.4) is 0 Å². The molecule has 7 heteroatoms. The van der Waals surface area contributed by atoms with Crippen LogP contribution in [-0.4, -0.2) is 40.8 Å². The first-order valence-corrected chi connectivity index (χ1v) is 7.07. The maximum absolute atomic E-state index is 11.3. The summed E-state index contributed by atoms with van der Waals surface area (Å²) in [5.74, 6) is -0.0327. The predicted octanol–water partition coefficient (Wildman–Crippen LogP) is 2.20. The highest BCUT2D eigenvalue weighted by atomic mass is 32.1. The number of carboxylic acid groups (broad SMARTS) is 1. The summed E-state index contributed by atoms with van der Waals surface area (Å²) in [4.78, 5) is 22.1. The molecule has 0 aromatic carbocycles. The van der Waals surface area contributed by atoms with Crippen molar-refractivity contribution in [2.75, 3.05) is 19.7 Å². The second-order valence-corrected chi connectivity index (χ2v) is 5.38. The lowest BCUT2D eigenvalue weighted by Gasteiger charge is -2.33. The Morgan fingerprint density at radius 3 is 3.20 bits per heavy atom. The summed E-state index contributed by atoms with van der Waals surface area (Å²) in [6.45, 7) is 6.61. The Kier molecular flexibility index (Phi) is 4.75. The second-order valence-electron chi connectivity index (χ2n) is 4.45. The first kappa shape index (κ1) is 14.5. The normalized spacial score (nSPS) is 19.1. The van der Waals surface area contributed by atoms with Gasteiger partial charge in [-0.05, 0) is 12.5 Å². The van der Waals surface area contributed by atoms with Crippen LogP contribution in [0.1, 0.15) is 17.8 Å². The van der Waals surface area contributed by atoms with Gasteiger partial charge < -0.3 is 10.0 Å². The van der Waals surface area contributed by atoms with Gasteiger partial charge in [-0.3, -0.25) is 10.3 Å². The molecule has 2 N–H and O–H groups in total. The number of carbonyl (C=O) groups is 1. The largest absolute Gasteiger partial charge is 0.465 e. The third kappa shape index (κ3) is 3.17. The van der Waals surface area contributed by atoms with Gasteiger partial charge in [0, 0.05) is 18.1 Å². The molecule has 0 spiro atoms. The maximum atomic E-state index is 11.3. The molecule has 1 aliphatic rings. The molecule has 6 nitrogen and oxygen atoms in total. The minimum Gasteiger partial charge on any atom is -0.465 e. The van der Waals surface area contributed by atoms with Crippen LogP contribution in [0.15, 0.2) is 35.5 Å². The first-order chi connectivity index (χ1) is 9.63. The minimum atomic E-state index is -0.943. The Morgan fingerprint density at radius 2 is 2.60 bits per heavy atom. The average Bonchev–Trinajstić information content (AvgIpc) is 2.94. The van der Waals surface area contributed by atoms with Gasteiger partial charge in [-0.2, -0.15) is 0 Å². The van der Waals surface area contributed by atoms with Gasteiger partial charge in [-0.15, -0.1) is 17.9 Å². The van der Waals surface area contributed by atoms with Crippen LogP contribution in [0, 0.1) is 0 Å². The summed E-state index contributed by atoms with van der Waals surface area (Å²) in [5, 5.41) is 12.0. The summed E-state index contributed by atoms with van der Waals surface area (Å²) in [7, 11) is 0. The lowest BCUT2D eigenvalue weighted by Crippen LogP contribution is -2.42. The van der Waals surface area contributed by atoms with Gasteiger partial charge in [0.2, 0.25) is 0 Å². The van der Waals surface area contributed by atoms with Crippen molar-refractivity contribution < 1.29 is 14.7 Å². The number of hydroxylamine groups is 1. The average molecular weight is 295 g/mol. The third-order valence-electron chi connectivity index (χ3n) is 3.17. The Hall–Kier alpha value is -1.86. The Balaban J connectivity index is 2.22. The van der Waals surface area contributed by atoms with E-state index in [1.807, 2.05) is 12.3 Å². The fourth-order valence-corrected chi connectivity index (χ4v) is 2.86. The SMILES string of the molecule is C=CCONC1=C(C)C(c2nccs2)CN(C(=O)O)C1. The standard InChI is InChI=1S/C13H17N3O3S/c1-3-5-19-15-11-8-16(13(17)18)7-10(9(11)2)12-14-4-6-20-12/h3-4,6,10,15H,1,5,7-8H2,2H3,(H,17,18). The monoisotopic (exact) mass is 295 g/mol. The lowest BCUT2D eigenvalue weighted by molar-refractivity contribution is 0.0732. The topological polar surface area (TPSA) is 74.7 Å². The van der Waals surface area contributed by atoms with Crippen molar-refractivity contribution in [1.82, 2.24) is 15.4 Å². The highest BCUT2D eigenvalue weighted by Gasteiger charge is 2.30. The molecule has 0 saturated carbocycles. The number of hydrogen-bond acceptors (Lipinski definition) is 5. The number of amides is 1. The van der Waals surface area contributed by atoms with E-state index in [1.54, 1.807) is 12.3 Å². The lowest BCUT2D eigenvalue weighted by atomic mass is 9.95. The molecule has 0 fully saturated rings. The Morgan fingerprint density at radius 1 is 1.80 bits per heavy atom. The Bertz CT molecular complexity index is 513. The highest BCUT2D eigenvalue weighted by Crippen LogP contribution is 2.32. The molecule has 20 heavy (non-hydrogen) atoms. The number of thiazole rings is 1. The number of nitrogens with one attached hydrogen (secondary N) is 1. The second kappa shape index (κ2) is 6.53. The van der Waals surface area contributed by atoms with Crippen molar-refractivity contribution in [2.45, 2.75) is 12.8 Å². The molecule has 0 radical (unpaired) electrons. The maximum Gasteiger partial charge on any atom is 0.407 e. The molecule has 1 atom stereocenters. The summed E-state index contributed by atoms with van der Waals surface area (Å²) in [5.41, 5.74) is 4.65. The van der Waals surface area contributed by atoms with E-state index in [-0.39, 0.29) is 5.92 Å². The van der Waals surface area contributed by atoms with E-state index >= 15 is 0 Å². The molecule has 1 aliphatic heterocycles. The van der Waals surface area contributed by atoms with Crippen LogP contribution < -0.4 is 5.48 Å². The molecular formula is C13H17N3O3S.